The first-order chi connectivity index (χ1) is 10.1. The van der Waals surface area contributed by atoms with Crippen molar-refractivity contribution < 1.29 is 9.53 Å². The highest BCUT2D eigenvalue weighted by atomic mass is 35.5. The van der Waals surface area contributed by atoms with Crippen molar-refractivity contribution in [1.29, 1.82) is 0 Å². The van der Waals surface area contributed by atoms with Gasteiger partial charge in [0, 0.05) is 31.4 Å². The van der Waals surface area contributed by atoms with Crippen LogP contribution in [-0.2, 0) is 0 Å². The summed E-state index contributed by atoms with van der Waals surface area (Å²) < 4.78 is 6.46. The predicted octanol–water partition coefficient (Wildman–Crippen LogP) is 3.74. The molecule has 0 bridgehead atoms. The van der Waals surface area contributed by atoms with Gasteiger partial charge in [0.05, 0.1) is 15.8 Å². The first kappa shape index (κ1) is 14.6. The number of rotatable bonds is 3. The van der Waals surface area contributed by atoms with Crippen LogP contribution in [0.3, 0.4) is 0 Å². The lowest BCUT2D eigenvalue weighted by molar-refractivity contribution is 0.0777. The van der Waals surface area contributed by atoms with Crippen LogP contribution in [0.4, 0.5) is 0 Å². The molecule has 1 amide bonds. The van der Waals surface area contributed by atoms with Crippen LogP contribution in [0.1, 0.15) is 16.1 Å². The molecule has 0 aromatic carbocycles. The molecule has 110 valence electrons. The van der Waals surface area contributed by atoms with Crippen molar-refractivity contribution in [2.75, 3.05) is 13.1 Å². The fraction of sp³-hybridized carbons (Fsp3) is 0.286. The summed E-state index contributed by atoms with van der Waals surface area (Å²) >= 11 is 13.2. The lowest BCUT2D eigenvalue weighted by Crippen LogP contribution is -2.30. The van der Waals surface area contributed by atoms with Crippen LogP contribution in [0.2, 0.25) is 9.36 Å². The number of hydrogen-bond acceptors (Lipinski definition) is 4. The van der Waals surface area contributed by atoms with Gasteiger partial charge in [0.15, 0.2) is 0 Å². The molecule has 1 saturated heterocycles. The molecule has 1 aliphatic rings. The summed E-state index contributed by atoms with van der Waals surface area (Å²) in [6.45, 7) is 1.22. The second-order valence-electron chi connectivity index (χ2n) is 4.69. The van der Waals surface area contributed by atoms with E-state index in [0.717, 1.165) is 6.42 Å². The number of nitrogens with zero attached hydrogens (tertiary/aromatic N) is 2. The Labute approximate surface area is 136 Å². The van der Waals surface area contributed by atoms with Gasteiger partial charge in [-0.2, -0.15) is 0 Å². The van der Waals surface area contributed by atoms with Crippen molar-refractivity contribution in [1.82, 2.24) is 9.88 Å². The highest BCUT2D eigenvalue weighted by Gasteiger charge is 2.29. The van der Waals surface area contributed by atoms with E-state index < -0.39 is 0 Å². The van der Waals surface area contributed by atoms with Crippen LogP contribution < -0.4 is 4.74 Å². The Kier molecular flexibility index (Phi) is 4.33. The van der Waals surface area contributed by atoms with Crippen LogP contribution in [-0.4, -0.2) is 35.0 Å². The zero-order valence-corrected chi connectivity index (χ0v) is 13.3. The molecule has 3 heterocycles. The molecular weight excluding hydrogens is 331 g/mol. The van der Waals surface area contributed by atoms with Crippen molar-refractivity contribution in [3.63, 3.8) is 0 Å². The van der Waals surface area contributed by atoms with Gasteiger partial charge in [-0.3, -0.25) is 9.78 Å². The smallest absolute Gasteiger partial charge is 0.264 e. The van der Waals surface area contributed by atoms with Gasteiger partial charge in [0.1, 0.15) is 16.9 Å². The van der Waals surface area contributed by atoms with E-state index in [1.54, 1.807) is 35.5 Å². The van der Waals surface area contributed by atoms with Gasteiger partial charge in [-0.05, 0) is 12.1 Å². The fourth-order valence-corrected chi connectivity index (χ4v) is 3.41. The highest BCUT2D eigenvalue weighted by Crippen LogP contribution is 2.27. The summed E-state index contributed by atoms with van der Waals surface area (Å²) in [5.41, 5.74) is 0. The molecule has 2 aromatic rings. The van der Waals surface area contributed by atoms with E-state index >= 15 is 0 Å². The van der Waals surface area contributed by atoms with Gasteiger partial charge in [-0.25, -0.2) is 0 Å². The Morgan fingerprint density at radius 1 is 1.38 bits per heavy atom. The predicted molar refractivity (Wildman–Crippen MR) is 83.5 cm³/mol. The molecule has 0 saturated carbocycles. The zero-order valence-electron chi connectivity index (χ0n) is 11.0. The van der Waals surface area contributed by atoms with Gasteiger partial charge in [0.25, 0.3) is 5.91 Å². The van der Waals surface area contributed by atoms with E-state index in [4.69, 9.17) is 27.9 Å². The van der Waals surface area contributed by atoms with Gasteiger partial charge < -0.3 is 9.64 Å². The van der Waals surface area contributed by atoms with Crippen molar-refractivity contribution in [3.8, 4) is 5.75 Å². The van der Waals surface area contributed by atoms with E-state index in [2.05, 4.69) is 4.98 Å². The minimum atomic E-state index is -0.0516. The number of halogens is 2. The summed E-state index contributed by atoms with van der Waals surface area (Å²) in [5, 5.41) is 0.479. The summed E-state index contributed by atoms with van der Waals surface area (Å²) in [6.07, 6.45) is 3.91. The molecule has 4 nitrogen and oxygen atoms in total. The van der Waals surface area contributed by atoms with Crippen LogP contribution in [0, 0.1) is 0 Å². The Morgan fingerprint density at radius 3 is 2.95 bits per heavy atom. The van der Waals surface area contributed by atoms with Crippen molar-refractivity contribution in [2.24, 2.45) is 0 Å². The molecule has 3 rings (SSSR count). The van der Waals surface area contributed by atoms with Crippen LogP contribution in [0.5, 0.6) is 5.75 Å². The van der Waals surface area contributed by atoms with Gasteiger partial charge in [-0.1, -0.05) is 23.2 Å². The molecule has 0 spiro atoms. The van der Waals surface area contributed by atoms with E-state index in [-0.39, 0.29) is 12.0 Å². The maximum atomic E-state index is 12.3. The number of ether oxygens (including phenoxy) is 1. The number of pyridine rings is 1. The molecular formula is C14H12Cl2N2O2S. The number of thiophene rings is 1. The third kappa shape index (κ3) is 3.31. The number of aromatic nitrogens is 1. The molecule has 0 radical (unpaired) electrons. The maximum Gasteiger partial charge on any atom is 0.264 e. The lowest BCUT2D eigenvalue weighted by atomic mass is 10.3. The zero-order chi connectivity index (χ0) is 14.8. The van der Waals surface area contributed by atoms with Crippen LogP contribution in [0.25, 0.3) is 0 Å². The SMILES string of the molecule is O=C(c1ccc(Cl)s1)N1CC[C@@H](Oc2ccncc2Cl)C1. The third-order valence-electron chi connectivity index (χ3n) is 3.25. The Balaban J connectivity index is 1.63. The van der Waals surface area contributed by atoms with E-state index in [1.165, 1.54) is 11.3 Å². The number of carbonyl (C=O) groups excluding carboxylic acids is 1. The van der Waals surface area contributed by atoms with E-state index in [0.29, 0.717) is 33.1 Å². The fourth-order valence-electron chi connectivity index (χ4n) is 2.23. The third-order valence-corrected chi connectivity index (χ3v) is 4.75. The molecule has 21 heavy (non-hydrogen) atoms. The van der Waals surface area contributed by atoms with Crippen LogP contribution >= 0.6 is 34.5 Å². The first-order valence-electron chi connectivity index (χ1n) is 6.44. The standard InChI is InChI=1S/C14H12Cl2N2O2S/c15-10-7-17-5-3-11(10)20-9-4-6-18(8-9)14(19)12-1-2-13(16)21-12/h1-3,5,7,9H,4,6,8H2/t9-/m1/s1. The highest BCUT2D eigenvalue weighted by molar-refractivity contribution is 7.17. The Bertz CT molecular complexity index is 662. The Hall–Kier alpha value is -1.30. The largest absolute Gasteiger partial charge is 0.487 e. The number of amides is 1. The van der Waals surface area contributed by atoms with Gasteiger partial charge in [0.2, 0.25) is 0 Å². The molecule has 1 fully saturated rings. The second kappa shape index (κ2) is 6.22. The number of carbonyl (C=O) groups is 1. The average Bonchev–Trinajstić information content (AvgIpc) is 3.10. The van der Waals surface area contributed by atoms with E-state index in [1.807, 2.05) is 0 Å². The molecule has 0 unspecified atom stereocenters. The maximum absolute atomic E-state index is 12.3. The minimum absolute atomic E-state index is 0.00109. The Morgan fingerprint density at radius 2 is 2.24 bits per heavy atom. The summed E-state index contributed by atoms with van der Waals surface area (Å²) in [5.74, 6) is 0.601. The second-order valence-corrected chi connectivity index (χ2v) is 6.81. The normalized spacial score (nSPS) is 18.0. The van der Waals surface area contributed by atoms with Crippen molar-refractivity contribution in [2.45, 2.75) is 12.5 Å². The van der Waals surface area contributed by atoms with E-state index in [9.17, 15) is 4.79 Å². The lowest BCUT2D eigenvalue weighted by Gasteiger charge is -2.17. The monoisotopic (exact) mass is 342 g/mol. The van der Waals surface area contributed by atoms with Gasteiger partial charge in [-0.15, -0.1) is 11.3 Å². The topological polar surface area (TPSA) is 42.4 Å². The molecule has 1 aliphatic heterocycles. The molecule has 2 aromatic heterocycles. The quantitative estimate of drug-likeness (QED) is 0.853. The van der Waals surface area contributed by atoms with Crippen LogP contribution in [0.15, 0.2) is 30.6 Å². The molecule has 1 atom stereocenters. The summed E-state index contributed by atoms with van der Waals surface area (Å²) in [7, 11) is 0. The summed E-state index contributed by atoms with van der Waals surface area (Å²) in [4.78, 5) is 18.7. The molecule has 0 N–H and O–H groups in total. The number of likely N-dealkylation sites (tertiary alicyclic amines) is 1. The first-order valence-corrected chi connectivity index (χ1v) is 8.01. The molecule has 0 aliphatic carbocycles. The van der Waals surface area contributed by atoms with Crippen molar-refractivity contribution in [3.05, 3.63) is 44.8 Å². The summed E-state index contributed by atoms with van der Waals surface area (Å²) in [6, 6.07) is 5.22. The number of hydrogen-bond donors (Lipinski definition) is 0. The van der Waals surface area contributed by atoms with Crippen molar-refractivity contribution >= 4 is 40.4 Å². The average molecular weight is 343 g/mol. The molecule has 7 heteroatoms. The van der Waals surface area contributed by atoms with Gasteiger partial charge >= 0.3 is 0 Å². The minimum Gasteiger partial charge on any atom is -0.487 e.